The van der Waals surface area contributed by atoms with Gasteiger partial charge >= 0.3 is 0 Å². The van der Waals surface area contributed by atoms with E-state index in [9.17, 15) is 9.59 Å². The summed E-state index contributed by atoms with van der Waals surface area (Å²) >= 11 is 0. The fraction of sp³-hybridized carbons (Fsp3) is 0.550. The second-order valence-electron chi connectivity index (χ2n) is 7.39. The maximum atomic E-state index is 12.6. The largest absolute Gasteiger partial charge is 0.354 e. The monoisotopic (exact) mass is 356 g/mol. The number of carbonyl (C=O) groups is 2. The number of fused-ring (bicyclic) bond motifs is 1. The van der Waals surface area contributed by atoms with E-state index in [1.165, 1.54) is 0 Å². The lowest BCUT2D eigenvalue weighted by Gasteiger charge is -2.31. The predicted molar refractivity (Wildman–Crippen MR) is 102 cm³/mol. The lowest BCUT2D eigenvalue weighted by molar-refractivity contribution is -0.136. The Morgan fingerprint density at radius 3 is 2.62 bits per heavy atom. The van der Waals surface area contributed by atoms with E-state index in [4.69, 9.17) is 0 Å². The molecule has 2 heterocycles. The van der Waals surface area contributed by atoms with E-state index in [0.717, 1.165) is 29.4 Å². The lowest BCUT2D eigenvalue weighted by atomic mass is 9.95. The van der Waals surface area contributed by atoms with Crippen LogP contribution < -0.4 is 5.32 Å². The molecule has 1 aliphatic rings. The first-order valence-electron chi connectivity index (χ1n) is 9.46. The number of carbonyl (C=O) groups excluding carboxylic acids is 2. The average molecular weight is 356 g/mol. The molecular formula is C20H28N4O2. The first-order valence-corrected chi connectivity index (χ1v) is 9.46. The number of aryl methyl sites for hydroxylation is 2. The van der Waals surface area contributed by atoms with E-state index >= 15 is 0 Å². The molecule has 0 radical (unpaired) electrons. The van der Waals surface area contributed by atoms with E-state index in [-0.39, 0.29) is 23.8 Å². The number of likely N-dealkylation sites (tertiary alicyclic amines) is 1. The van der Waals surface area contributed by atoms with Gasteiger partial charge in [0.2, 0.25) is 11.8 Å². The Morgan fingerprint density at radius 1 is 1.23 bits per heavy atom. The third-order valence-electron chi connectivity index (χ3n) is 5.03. The first-order chi connectivity index (χ1) is 12.5. The van der Waals surface area contributed by atoms with Crippen LogP contribution in [0.4, 0.5) is 0 Å². The van der Waals surface area contributed by atoms with Gasteiger partial charge in [0.1, 0.15) is 0 Å². The van der Waals surface area contributed by atoms with Gasteiger partial charge in [-0.3, -0.25) is 14.3 Å². The summed E-state index contributed by atoms with van der Waals surface area (Å²) < 4.78 is 1.92. The topological polar surface area (TPSA) is 67.2 Å². The number of nitrogens with zero attached hydrogens (tertiary/aromatic N) is 3. The molecule has 0 atom stereocenters. The molecule has 26 heavy (non-hydrogen) atoms. The van der Waals surface area contributed by atoms with Crippen LogP contribution in [-0.2, 0) is 16.1 Å². The molecule has 0 aliphatic carbocycles. The number of aromatic nitrogens is 2. The molecule has 140 valence electrons. The van der Waals surface area contributed by atoms with Crippen molar-refractivity contribution in [3.8, 4) is 0 Å². The van der Waals surface area contributed by atoms with E-state index in [1.807, 2.05) is 48.6 Å². The molecule has 1 fully saturated rings. The highest BCUT2D eigenvalue weighted by Crippen LogP contribution is 2.20. The van der Waals surface area contributed by atoms with Gasteiger partial charge in [-0.25, -0.2) is 0 Å². The van der Waals surface area contributed by atoms with Crippen LogP contribution in [0.25, 0.3) is 10.9 Å². The third kappa shape index (κ3) is 4.06. The molecule has 1 aromatic heterocycles. The second kappa shape index (κ2) is 7.89. The highest BCUT2D eigenvalue weighted by Gasteiger charge is 2.27. The Bertz CT molecular complexity index is 788. The van der Waals surface area contributed by atoms with Gasteiger partial charge in [0.05, 0.1) is 17.8 Å². The van der Waals surface area contributed by atoms with Gasteiger partial charge in [0.25, 0.3) is 0 Å². The quantitative estimate of drug-likeness (QED) is 0.895. The Hall–Kier alpha value is -2.37. The Kier molecular flexibility index (Phi) is 5.59. The van der Waals surface area contributed by atoms with Crippen LogP contribution in [0.1, 0.15) is 38.8 Å². The minimum atomic E-state index is 0.0270. The smallest absolute Gasteiger partial charge is 0.224 e. The van der Waals surface area contributed by atoms with Crippen LogP contribution in [-0.4, -0.2) is 45.6 Å². The Morgan fingerprint density at radius 2 is 1.92 bits per heavy atom. The van der Waals surface area contributed by atoms with Crippen molar-refractivity contribution in [2.24, 2.45) is 5.92 Å². The van der Waals surface area contributed by atoms with Crippen LogP contribution in [0.2, 0.25) is 0 Å². The summed E-state index contributed by atoms with van der Waals surface area (Å²) in [6, 6.07) is 8.26. The number of nitrogens with one attached hydrogen (secondary N) is 1. The molecule has 2 amide bonds. The number of rotatable bonds is 5. The van der Waals surface area contributed by atoms with Crippen LogP contribution in [0.3, 0.4) is 0 Å². The molecule has 0 spiro atoms. The summed E-state index contributed by atoms with van der Waals surface area (Å²) in [5.74, 6) is 0.287. The van der Waals surface area contributed by atoms with Gasteiger partial charge in [-0.15, -0.1) is 0 Å². The van der Waals surface area contributed by atoms with Crippen molar-refractivity contribution >= 4 is 22.7 Å². The average Bonchev–Trinajstić information content (AvgIpc) is 2.95. The van der Waals surface area contributed by atoms with Crippen LogP contribution in [0, 0.1) is 12.8 Å². The van der Waals surface area contributed by atoms with Crippen molar-refractivity contribution in [2.45, 2.75) is 52.6 Å². The molecule has 1 aliphatic heterocycles. The molecule has 6 heteroatoms. The van der Waals surface area contributed by atoms with Gasteiger partial charge < -0.3 is 10.2 Å². The van der Waals surface area contributed by atoms with Gasteiger partial charge in [0.15, 0.2) is 0 Å². The molecule has 0 unspecified atom stereocenters. The van der Waals surface area contributed by atoms with Crippen molar-refractivity contribution in [3.05, 3.63) is 30.0 Å². The molecule has 0 bridgehead atoms. The fourth-order valence-electron chi connectivity index (χ4n) is 3.62. The lowest BCUT2D eigenvalue weighted by Crippen LogP contribution is -2.44. The van der Waals surface area contributed by atoms with E-state index in [2.05, 4.69) is 16.5 Å². The summed E-state index contributed by atoms with van der Waals surface area (Å²) in [6.45, 7) is 7.84. The molecule has 3 rings (SSSR count). The number of benzene rings is 1. The summed E-state index contributed by atoms with van der Waals surface area (Å²) in [5, 5.41) is 8.67. The van der Waals surface area contributed by atoms with Gasteiger partial charge in [-0.2, -0.15) is 5.10 Å². The number of hydrogen-bond acceptors (Lipinski definition) is 3. The highest BCUT2D eigenvalue weighted by molar-refractivity contribution is 5.82. The maximum Gasteiger partial charge on any atom is 0.224 e. The van der Waals surface area contributed by atoms with Gasteiger partial charge in [0, 0.05) is 36.9 Å². The van der Waals surface area contributed by atoms with Crippen LogP contribution in [0.5, 0.6) is 0 Å². The molecule has 0 saturated carbocycles. The zero-order valence-corrected chi connectivity index (χ0v) is 15.9. The second-order valence-corrected chi connectivity index (χ2v) is 7.39. The first kappa shape index (κ1) is 18.4. The molecular weight excluding hydrogens is 328 g/mol. The molecule has 1 aromatic carbocycles. The van der Waals surface area contributed by atoms with Crippen LogP contribution >= 0.6 is 0 Å². The SMILES string of the molecule is Cc1nn(CCC(=O)N2CCC(C(=O)NC(C)C)CC2)c2ccccc12. The van der Waals surface area contributed by atoms with Crippen molar-refractivity contribution in [1.82, 2.24) is 20.0 Å². The fourth-order valence-corrected chi connectivity index (χ4v) is 3.62. The maximum absolute atomic E-state index is 12.6. The van der Waals surface area contributed by atoms with Crippen molar-refractivity contribution in [1.29, 1.82) is 0 Å². The van der Waals surface area contributed by atoms with Crippen LogP contribution in [0.15, 0.2) is 24.3 Å². The Balaban J connectivity index is 1.52. The summed E-state index contributed by atoms with van der Waals surface area (Å²) in [5.41, 5.74) is 2.06. The molecule has 1 N–H and O–H groups in total. The number of piperidine rings is 1. The number of para-hydroxylation sites is 1. The highest BCUT2D eigenvalue weighted by atomic mass is 16.2. The van der Waals surface area contributed by atoms with E-state index < -0.39 is 0 Å². The van der Waals surface area contributed by atoms with Gasteiger partial charge in [-0.05, 0) is 39.7 Å². The standard InChI is InChI=1S/C20H28N4O2/c1-14(2)21-20(26)16-8-11-23(12-9-16)19(25)10-13-24-18-7-5-4-6-17(18)15(3)22-24/h4-7,14,16H,8-13H2,1-3H3,(H,21,26). The zero-order valence-electron chi connectivity index (χ0n) is 15.9. The minimum Gasteiger partial charge on any atom is -0.354 e. The Labute approximate surface area is 154 Å². The van der Waals surface area contributed by atoms with Crippen molar-refractivity contribution < 1.29 is 9.59 Å². The minimum absolute atomic E-state index is 0.0270. The molecule has 6 nitrogen and oxygen atoms in total. The summed E-state index contributed by atoms with van der Waals surface area (Å²) in [4.78, 5) is 26.5. The number of hydrogen-bond donors (Lipinski definition) is 1. The zero-order chi connectivity index (χ0) is 18.7. The molecule has 2 aromatic rings. The predicted octanol–water partition coefficient (Wildman–Crippen LogP) is 2.50. The molecule has 1 saturated heterocycles. The number of amides is 2. The van der Waals surface area contributed by atoms with E-state index in [0.29, 0.717) is 26.1 Å². The summed E-state index contributed by atoms with van der Waals surface area (Å²) in [6.07, 6.45) is 1.93. The van der Waals surface area contributed by atoms with Crippen molar-refractivity contribution in [3.63, 3.8) is 0 Å². The normalized spacial score (nSPS) is 15.6. The van der Waals surface area contributed by atoms with Crippen molar-refractivity contribution in [2.75, 3.05) is 13.1 Å². The van der Waals surface area contributed by atoms with E-state index in [1.54, 1.807) is 0 Å². The van der Waals surface area contributed by atoms with Gasteiger partial charge in [-0.1, -0.05) is 18.2 Å². The third-order valence-corrected chi connectivity index (χ3v) is 5.03. The summed E-state index contributed by atoms with van der Waals surface area (Å²) in [7, 11) is 0.